The average Bonchev–Trinajstić information content (AvgIpc) is 2.01. The summed E-state index contributed by atoms with van der Waals surface area (Å²) in [4.78, 5) is 10.7. The fourth-order valence-corrected chi connectivity index (χ4v) is 0.619. The summed E-state index contributed by atoms with van der Waals surface area (Å²) in [5.74, 6) is -5.21. The molecule has 0 bridgehead atoms. The lowest BCUT2D eigenvalue weighted by Gasteiger charge is -2.18. The highest BCUT2D eigenvalue weighted by molar-refractivity contribution is 5.79. The summed E-state index contributed by atoms with van der Waals surface area (Å²) >= 11 is 0. The standard InChI is InChI=1S/C10H16F2O3/c1-5-14-8(13)10(11,12)6-7-15-9(2,3)4/h6-7H,5H2,1-4H3/b7-6+. The van der Waals surface area contributed by atoms with Gasteiger partial charge >= 0.3 is 11.9 Å². The smallest absolute Gasteiger partial charge is 0.381 e. The molecule has 0 aromatic rings. The maximum atomic E-state index is 12.9. The second-order valence-electron chi connectivity index (χ2n) is 3.88. The molecule has 0 atom stereocenters. The van der Waals surface area contributed by atoms with Crippen LogP contribution in [-0.2, 0) is 14.3 Å². The first kappa shape index (κ1) is 13.9. The van der Waals surface area contributed by atoms with Gasteiger partial charge in [-0.25, -0.2) is 4.79 Å². The summed E-state index contributed by atoms with van der Waals surface area (Å²) in [7, 11) is 0. The Labute approximate surface area is 88.1 Å². The quantitative estimate of drug-likeness (QED) is 0.541. The number of carbonyl (C=O) groups is 1. The maximum Gasteiger partial charge on any atom is 0.381 e. The Balaban J connectivity index is 4.30. The molecule has 0 aromatic carbocycles. The molecule has 0 saturated carbocycles. The number of alkyl halides is 2. The highest BCUT2D eigenvalue weighted by Crippen LogP contribution is 2.18. The number of rotatable bonds is 4. The molecule has 0 aromatic heterocycles. The molecule has 0 spiro atoms. The predicted molar refractivity (Wildman–Crippen MR) is 51.6 cm³/mol. The highest BCUT2D eigenvalue weighted by atomic mass is 19.3. The zero-order valence-electron chi connectivity index (χ0n) is 9.34. The van der Waals surface area contributed by atoms with Gasteiger partial charge in [0.1, 0.15) is 0 Å². The van der Waals surface area contributed by atoms with Crippen LogP contribution in [0.1, 0.15) is 27.7 Å². The van der Waals surface area contributed by atoms with Gasteiger partial charge in [0.05, 0.1) is 18.5 Å². The lowest BCUT2D eigenvalue weighted by molar-refractivity contribution is -0.164. The van der Waals surface area contributed by atoms with Crippen LogP contribution in [-0.4, -0.2) is 24.1 Å². The van der Waals surface area contributed by atoms with Crippen LogP contribution in [0.15, 0.2) is 12.3 Å². The third-order valence-corrected chi connectivity index (χ3v) is 1.25. The minimum Gasteiger partial charge on any atom is -0.496 e. The molecule has 0 N–H and O–H groups in total. The molecule has 0 aliphatic heterocycles. The zero-order chi connectivity index (χ0) is 12.1. The highest BCUT2D eigenvalue weighted by Gasteiger charge is 2.37. The molecule has 5 heteroatoms. The van der Waals surface area contributed by atoms with Crippen LogP contribution in [0, 0.1) is 0 Å². The van der Waals surface area contributed by atoms with E-state index < -0.39 is 17.5 Å². The monoisotopic (exact) mass is 222 g/mol. The molecule has 0 heterocycles. The molecule has 3 nitrogen and oxygen atoms in total. The van der Waals surface area contributed by atoms with Gasteiger partial charge in [0.15, 0.2) is 0 Å². The molecule has 15 heavy (non-hydrogen) atoms. The van der Waals surface area contributed by atoms with Gasteiger partial charge in [-0.3, -0.25) is 0 Å². The van der Waals surface area contributed by atoms with Crippen molar-refractivity contribution in [2.24, 2.45) is 0 Å². The van der Waals surface area contributed by atoms with E-state index in [0.29, 0.717) is 6.08 Å². The molecule has 0 saturated heterocycles. The molecule has 0 radical (unpaired) electrons. The van der Waals surface area contributed by atoms with Crippen LogP contribution in [0.2, 0.25) is 0 Å². The fourth-order valence-electron chi connectivity index (χ4n) is 0.619. The normalized spacial score (nSPS) is 12.9. The molecule has 88 valence electrons. The Morgan fingerprint density at radius 3 is 2.27 bits per heavy atom. The van der Waals surface area contributed by atoms with E-state index in [1.165, 1.54) is 6.92 Å². The van der Waals surface area contributed by atoms with Crippen molar-refractivity contribution in [1.29, 1.82) is 0 Å². The van der Waals surface area contributed by atoms with E-state index in [-0.39, 0.29) is 6.61 Å². The van der Waals surface area contributed by atoms with E-state index in [1.807, 2.05) is 0 Å². The molecule has 0 amide bonds. The van der Waals surface area contributed by atoms with Crippen LogP contribution < -0.4 is 0 Å². The van der Waals surface area contributed by atoms with E-state index in [2.05, 4.69) is 4.74 Å². The van der Waals surface area contributed by atoms with Crippen molar-refractivity contribution >= 4 is 5.97 Å². The van der Waals surface area contributed by atoms with E-state index in [4.69, 9.17) is 4.74 Å². The van der Waals surface area contributed by atoms with Crippen molar-refractivity contribution in [1.82, 2.24) is 0 Å². The molecule has 0 rings (SSSR count). The fraction of sp³-hybridized carbons (Fsp3) is 0.700. The largest absolute Gasteiger partial charge is 0.496 e. The van der Waals surface area contributed by atoms with Crippen molar-refractivity contribution < 1.29 is 23.0 Å². The first-order valence-corrected chi connectivity index (χ1v) is 4.59. The van der Waals surface area contributed by atoms with E-state index in [0.717, 1.165) is 6.26 Å². The van der Waals surface area contributed by atoms with Crippen molar-refractivity contribution in [3.63, 3.8) is 0 Å². The number of hydrogen-bond donors (Lipinski definition) is 0. The van der Waals surface area contributed by atoms with Crippen LogP contribution in [0.3, 0.4) is 0 Å². The second kappa shape index (κ2) is 5.09. The van der Waals surface area contributed by atoms with Gasteiger partial charge in [-0.2, -0.15) is 8.78 Å². The first-order chi connectivity index (χ1) is 6.69. The third kappa shape index (κ3) is 6.04. The van der Waals surface area contributed by atoms with E-state index in [9.17, 15) is 13.6 Å². The number of carbonyl (C=O) groups excluding carboxylic acids is 1. The van der Waals surface area contributed by atoms with Crippen molar-refractivity contribution in [3.8, 4) is 0 Å². The van der Waals surface area contributed by atoms with Crippen LogP contribution in [0.4, 0.5) is 8.78 Å². The van der Waals surface area contributed by atoms with Crippen molar-refractivity contribution in [2.75, 3.05) is 6.61 Å². The molecular weight excluding hydrogens is 206 g/mol. The van der Waals surface area contributed by atoms with Gasteiger partial charge in [0.2, 0.25) is 0 Å². The van der Waals surface area contributed by atoms with E-state index >= 15 is 0 Å². The zero-order valence-corrected chi connectivity index (χ0v) is 9.34. The number of hydrogen-bond acceptors (Lipinski definition) is 3. The van der Waals surface area contributed by atoms with Gasteiger partial charge in [0.25, 0.3) is 0 Å². The van der Waals surface area contributed by atoms with Gasteiger partial charge < -0.3 is 9.47 Å². The Morgan fingerprint density at radius 1 is 1.33 bits per heavy atom. The summed E-state index contributed by atoms with van der Waals surface area (Å²) in [5, 5.41) is 0. The lowest BCUT2D eigenvalue weighted by atomic mass is 10.2. The predicted octanol–water partition coefficient (Wildman–Crippen LogP) is 2.51. The Bertz CT molecular complexity index is 242. The summed E-state index contributed by atoms with van der Waals surface area (Å²) in [6.07, 6.45) is 1.20. The van der Waals surface area contributed by atoms with Crippen LogP contribution in [0.25, 0.3) is 0 Å². The average molecular weight is 222 g/mol. The number of halogens is 2. The first-order valence-electron chi connectivity index (χ1n) is 4.59. The summed E-state index contributed by atoms with van der Waals surface area (Å²) < 4.78 is 35.0. The molecule has 0 aliphatic carbocycles. The van der Waals surface area contributed by atoms with Crippen LogP contribution >= 0.6 is 0 Å². The Kier molecular flexibility index (Phi) is 4.71. The van der Waals surface area contributed by atoms with Gasteiger partial charge in [0, 0.05) is 6.08 Å². The molecule has 0 unspecified atom stereocenters. The Hall–Kier alpha value is -1.13. The summed E-state index contributed by atoms with van der Waals surface area (Å²) in [5.41, 5.74) is -0.568. The SMILES string of the molecule is CCOC(=O)C(F)(F)/C=C/OC(C)(C)C. The lowest BCUT2D eigenvalue weighted by Crippen LogP contribution is -2.28. The molecule has 0 aliphatic rings. The topological polar surface area (TPSA) is 35.5 Å². The third-order valence-electron chi connectivity index (χ3n) is 1.25. The number of esters is 1. The summed E-state index contributed by atoms with van der Waals surface area (Å²) in [6.45, 7) is 6.51. The minimum atomic E-state index is -3.64. The molecule has 0 fully saturated rings. The van der Waals surface area contributed by atoms with E-state index in [1.54, 1.807) is 20.8 Å². The van der Waals surface area contributed by atoms with Crippen LogP contribution in [0.5, 0.6) is 0 Å². The maximum absolute atomic E-state index is 12.9. The van der Waals surface area contributed by atoms with Gasteiger partial charge in [-0.1, -0.05) is 0 Å². The van der Waals surface area contributed by atoms with Crippen molar-refractivity contribution in [2.45, 2.75) is 39.2 Å². The second-order valence-corrected chi connectivity index (χ2v) is 3.88. The minimum absolute atomic E-state index is 0.0810. The van der Waals surface area contributed by atoms with Gasteiger partial charge in [-0.05, 0) is 27.7 Å². The number of ether oxygens (including phenoxy) is 2. The summed E-state index contributed by atoms with van der Waals surface area (Å²) in [6, 6.07) is 0. The van der Waals surface area contributed by atoms with Gasteiger partial charge in [-0.15, -0.1) is 0 Å². The van der Waals surface area contributed by atoms with Crippen molar-refractivity contribution in [3.05, 3.63) is 12.3 Å². The Morgan fingerprint density at radius 2 is 1.87 bits per heavy atom. The molecular formula is C10H16F2O3.